The van der Waals surface area contributed by atoms with E-state index in [0.717, 1.165) is 16.6 Å². The first-order valence-electron chi connectivity index (χ1n) is 4.10. The summed E-state index contributed by atoms with van der Waals surface area (Å²) in [5, 5.41) is 7.96. The van der Waals surface area contributed by atoms with Crippen LogP contribution in [0.4, 0.5) is 0 Å². The van der Waals surface area contributed by atoms with Gasteiger partial charge in [0.05, 0.1) is 12.1 Å². The van der Waals surface area contributed by atoms with Crippen LogP contribution in [0.2, 0.25) is 0 Å². The Hall–Kier alpha value is -1.55. The number of aromatic nitrogens is 3. The quantitative estimate of drug-likeness (QED) is 0.694. The van der Waals surface area contributed by atoms with Crippen molar-refractivity contribution < 1.29 is 0 Å². The number of hydrogen-bond acceptors (Lipinski definition) is 4. The highest BCUT2D eigenvalue weighted by Gasteiger charge is 2.01. The lowest BCUT2D eigenvalue weighted by molar-refractivity contribution is 0.858. The van der Waals surface area contributed by atoms with Crippen LogP contribution in [0, 0.1) is 6.92 Å². The molecule has 2 N–H and O–H groups in total. The molecule has 0 aliphatic heterocycles. The minimum absolute atomic E-state index is 0.330. The molecule has 0 aliphatic rings. The molecule has 1 aromatic carbocycles. The molecule has 66 valence electrons. The molecular weight excluding hydrogens is 164 g/mol. The van der Waals surface area contributed by atoms with Crippen molar-refractivity contribution in [2.45, 2.75) is 13.5 Å². The predicted molar refractivity (Wildman–Crippen MR) is 50.0 cm³/mol. The van der Waals surface area contributed by atoms with Crippen LogP contribution in [-0.4, -0.2) is 15.2 Å². The zero-order chi connectivity index (χ0) is 9.26. The summed E-state index contributed by atoms with van der Waals surface area (Å²) < 4.78 is 0. The lowest BCUT2D eigenvalue weighted by Gasteiger charge is -1.99. The molecule has 0 saturated heterocycles. The Bertz CT molecular complexity index is 439. The van der Waals surface area contributed by atoms with E-state index < -0.39 is 0 Å². The molecule has 0 radical (unpaired) electrons. The minimum Gasteiger partial charge on any atom is -0.324 e. The molecule has 13 heavy (non-hydrogen) atoms. The number of fused-ring (bicyclic) bond motifs is 1. The van der Waals surface area contributed by atoms with Gasteiger partial charge >= 0.3 is 0 Å². The van der Waals surface area contributed by atoms with Gasteiger partial charge in [-0.1, -0.05) is 12.1 Å². The molecule has 4 nitrogen and oxygen atoms in total. The lowest BCUT2D eigenvalue weighted by atomic mass is 10.2. The van der Waals surface area contributed by atoms with Crippen LogP contribution in [0.15, 0.2) is 18.2 Å². The van der Waals surface area contributed by atoms with Crippen LogP contribution in [0.1, 0.15) is 11.4 Å². The predicted octanol–water partition coefficient (Wildman–Crippen LogP) is 0.792. The van der Waals surface area contributed by atoms with Gasteiger partial charge in [0, 0.05) is 0 Å². The molecule has 1 aromatic heterocycles. The number of aryl methyl sites for hydroxylation is 1. The molecule has 0 unspecified atom stereocenters. The van der Waals surface area contributed by atoms with E-state index in [4.69, 9.17) is 5.73 Å². The fourth-order valence-corrected chi connectivity index (χ4v) is 1.22. The summed E-state index contributed by atoms with van der Waals surface area (Å²) in [6.45, 7) is 2.32. The van der Waals surface area contributed by atoms with Gasteiger partial charge in [-0.05, 0) is 18.6 Å². The maximum absolute atomic E-state index is 5.41. The van der Waals surface area contributed by atoms with Crippen molar-refractivity contribution in [2.24, 2.45) is 5.73 Å². The Morgan fingerprint density at radius 3 is 2.92 bits per heavy atom. The van der Waals surface area contributed by atoms with Crippen molar-refractivity contribution in [3.05, 3.63) is 29.6 Å². The molecule has 4 heteroatoms. The maximum atomic E-state index is 5.41. The highest BCUT2D eigenvalue weighted by atomic mass is 15.2. The van der Waals surface area contributed by atoms with Crippen LogP contribution < -0.4 is 5.73 Å². The molecule has 0 fully saturated rings. The number of hydrogen-bond donors (Lipinski definition) is 1. The topological polar surface area (TPSA) is 64.7 Å². The van der Waals surface area contributed by atoms with Gasteiger partial charge in [0.1, 0.15) is 5.52 Å². The second-order valence-electron chi connectivity index (χ2n) is 2.87. The Morgan fingerprint density at radius 1 is 1.31 bits per heavy atom. The SMILES string of the molecule is Cc1cccc2nc(CN)nnc12. The number of rotatable bonds is 1. The third-order valence-electron chi connectivity index (χ3n) is 1.91. The fraction of sp³-hybridized carbons (Fsp3) is 0.222. The summed E-state index contributed by atoms with van der Waals surface area (Å²) in [4.78, 5) is 4.26. The summed E-state index contributed by atoms with van der Waals surface area (Å²) in [6, 6.07) is 5.85. The normalized spacial score (nSPS) is 10.6. The molecule has 0 spiro atoms. The molecular formula is C9H10N4. The third-order valence-corrected chi connectivity index (χ3v) is 1.91. The summed E-state index contributed by atoms with van der Waals surface area (Å²) >= 11 is 0. The van der Waals surface area contributed by atoms with E-state index in [1.807, 2.05) is 25.1 Å². The Labute approximate surface area is 75.8 Å². The largest absolute Gasteiger partial charge is 0.324 e. The fourth-order valence-electron chi connectivity index (χ4n) is 1.22. The first-order valence-corrected chi connectivity index (χ1v) is 4.10. The lowest BCUT2D eigenvalue weighted by Crippen LogP contribution is -2.04. The second kappa shape index (κ2) is 3.06. The second-order valence-corrected chi connectivity index (χ2v) is 2.87. The van der Waals surface area contributed by atoms with Crippen molar-refractivity contribution in [3.63, 3.8) is 0 Å². The first kappa shape index (κ1) is 8.07. The Balaban J connectivity index is 2.72. The van der Waals surface area contributed by atoms with Crippen LogP contribution in [0.25, 0.3) is 11.0 Å². The van der Waals surface area contributed by atoms with Crippen molar-refractivity contribution in [1.82, 2.24) is 15.2 Å². The van der Waals surface area contributed by atoms with Gasteiger partial charge < -0.3 is 5.73 Å². The van der Waals surface area contributed by atoms with Crippen LogP contribution in [-0.2, 0) is 6.54 Å². The molecule has 0 bridgehead atoms. The molecule has 0 atom stereocenters. The van der Waals surface area contributed by atoms with Gasteiger partial charge in [0.2, 0.25) is 0 Å². The van der Waals surface area contributed by atoms with E-state index >= 15 is 0 Å². The summed E-state index contributed by atoms with van der Waals surface area (Å²) in [7, 11) is 0. The number of nitrogens with zero attached hydrogens (tertiary/aromatic N) is 3. The number of nitrogens with two attached hydrogens (primary N) is 1. The monoisotopic (exact) mass is 174 g/mol. The highest BCUT2D eigenvalue weighted by molar-refractivity contribution is 5.76. The van der Waals surface area contributed by atoms with E-state index in [-0.39, 0.29) is 0 Å². The zero-order valence-electron chi connectivity index (χ0n) is 7.36. The zero-order valence-corrected chi connectivity index (χ0v) is 7.36. The van der Waals surface area contributed by atoms with Gasteiger partial charge in [-0.15, -0.1) is 10.2 Å². The maximum Gasteiger partial charge on any atom is 0.165 e. The molecule has 2 rings (SSSR count). The molecule has 0 aliphatic carbocycles. The van der Waals surface area contributed by atoms with E-state index in [9.17, 15) is 0 Å². The summed E-state index contributed by atoms with van der Waals surface area (Å²) in [5.41, 5.74) is 8.20. The molecule has 0 amide bonds. The summed E-state index contributed by atoms with van der Waals surface area (Å²) in [6.07, 6.45) is 0. The molecule has 2 aromatic rings. The van der Waals surface area contributed by atoms with Crippen molar-refractivity contribution in [2.75, 3.05) is 0 Å². The van der Waals surface area contributed by atoms with Gasteiger partial charge in [-0.2, -0.15) is 0 Å². The van der Waals surface area contributed by atoms with Crippen LogP contribution in [0.5, 0.6) is 0 Å². The summed E-state index contributed by atoms with van der Waals surface area (Å²) in [5.74, 6) is 0.582. The average Bonchev–Trinajstić information content (AvgIpc) is 2.18. The van der Waals surface area contributed by atoms with E-state index in [1.165, 1.54) is 0 Å². The Morgan fingerprint density at radius 2 is 2.15 bits per heavy atom. The van der Waals surface area contributed by atoms with Gasteiger partial charge in [-0.25, -0.2) is 4.98 Å². The van der Waals surface area contributed by atoms with Crippen molar-refractivity contribution >= 4 is 11.0 Å². The van der Waals surface area contributed by atoms with Gasteiger partial charge in [-0.3, -0.25) is 0 Å². The highest BCUT2D eigenvalue weighted by Crippen LogP contribution is 2.11. The van der Waals surface area contributed by atoms with Gasteiger partial charge in [0.15, 0.2) is 5.82 Å². The minimum atomic E-state index is 0.330. The smallest absolute Gasteiger partial charge is 0.165 e. The third kappa shape index (κ3) is 1.36. The van der Waals surface area contributed by atoms with E-state index in [2.05, 4.69) is 15.2 Å². The van der Waals surface area contributed by atoms with Crippen LogP contribution >= 0.6 is 0 Å². The van der Waals surface area contributed by atoms with Crippen molar-refractivity contribution in [3.8, 4) is 0 Å². The van der Waals surface area contributed by atoms with E-state index in [0.29, 0.717) is 12.4 Å². The standard InChI is InChI=1S/C9H10N4/c1-6-3-2-4-7-9(6)13-12-8(5-10)11-7/h2-4H,5,10H2,1H3. The molecule has 1 heterocycles. The van der Waals surface area contributed by atoms with Gasteiger partial charge in [0.25, 0.3) is 0 Å². The van der Waals surface area contributed by atoms with Crippen LogP contribution in [0.3, 0.4) is 0 Å². The van der Waals surface area contributed by atoms with E-state index in [1.54, 1.807) is 0 Å². The number of benzene rings is 1. The Kier molecular flexibility index (Phi) is 1.90. The average molecular weight is 174 g/mol. The molecule has 0 saturated carbocycles. The van der Waals surface area contributed by atoms with Crippen molar-refractivity contribution in [1.29, 1.82) is 0 Å². The first-order chi connectivity index (χ1) is 6.31.